The lowest BCUT2D eigenvalue weighted by Gasteiger charge is -2.11. The molecule has 0 bridgehead atoms. The Bertz CT molecular complexity index is 1270. The molecule has 33 heavy (non-hydrogen) atoms. The van der Waals surface area contributed by atoms with E-state index in [9.17, 15) is 4.39 Å². The van der Waals surface area contributed by atoms with Crippen LogP contribution in [-0.2, 0) is 13.1 Å². The Morgan fingerprint density at radius 3 is 2.55 bits per heavy atom. The van der Waals surface area contributed by atoms with Gasteiger partial charge in [-0.15, -0.1) is 0 Å². The maximum atomic E-state index is 14.2. The molecule has 0 spiro atoms. The Kier molecular flexibility index (Phi) is 6.76. The standard InChI is InChI=1S/C24H24ClFN6S/c1-15-7-9-18(10-8-15)12-31-13-19(11-27-31)28-24(33)29-23-16(2)30-32(17(23)3)14-20-21(25)5-4-6-22(20)26/h4-11,13H,12,14H2,1-3H3,(H2,28,29,33). The summed E-state index contributed by atoms with van der Waals surface area (Å²) in [6.07, 6.45) is 3.63. The highest BCUT2D eigenvalue weighted by atomic mass is 35.5. The van der Waals surface area contributed by atoms with E-state index in [0.717, 1.165) is 22.8 Å². The van der Waals surface area contributed by atoms with Gasteiger partial charge in [0.1, 0.15) is 5.82 Å². The van der Waals surface area contributed by atoms with E-state index in [1.165, 1.54) is 17.2 Å². The van der Waals surface area contributed by atoms with E-state index < -0.39 is 0 Å². The van der Waals surface area contributed by atoms with Gasteiger partial charge in [0.25, 0.3) is 0 Å². The molecule has 0 atom stereocenters. The zero-order valence-electron chi connectivity index (χ0n) is 18.6. The molecule has 2 aromatic carbocycles. The number of hydrogen-bond acceptors (Lipinski definition) is 3. The van der Waals surface area contributed by atoms with E-state index in [2.05, 4.69) is 52.0 Å². The summed E-state index contributed by atoms with van der Waals surface area (Å²) in [4.78, 5) is 0. The summed E-state index contributed by atoms with van der Waals surface area (Å²) < 4.78 is 17.8. The largest absolute Gasteiger partial charge is 0.330 e. The van der Waals surface area contributed by atoms with Crippen LogP contribution in [0.2, 0.25) is 5.02 Å². The molecular formula is C24H24ClFN6S. The van der Waals surface area contributed by atoms with Crippen molar-refractivity contribution in [2.75, 3.05) is 10.6 Å². The molecule has 2 N–H and O–H groups in total. The average molecular weight is 483 g/mol. The second kappa shape index (κ2) is 9.72. The van der Waals surface area contributed by atoms with E-state index in [0.29, 0.717) is 22.2 Å². The lowest BCUT2D eigenvalue weighted by Crippen LogP contribution is -2.19. The summed E-state index contributed by atoms with van der Waals surface area (Å²) in [7, 11) is 0. The van der Waals surface area contributed by atoms with Crippen molar-refractivity contribution in [2.24, 2.45) is 0 Å². The molecule has 2 heterocycles. The van der Waals surface area contributed by atoms with Crippen molar-refractivity contribution in [3.05, 3.63) is 93.8 Å². The minimum Gasteiger partial charge on any atom is -0.330 e. The first-order valence-electron chi connectivity index (χ1n) is 10.4. The molecule has 0 saturated carbocycles. The number of nitrogens with zero attached hydrogens (tertiary/aromatic N) is 4. The summed E-state index contributed by atoms with van der Waals surface area (Å²) in [5.74, 6) is -0.357. The van der Waals surface area contributed by atoms with E-state index in [-0.39, 0.29) is 12.4 Å². The molecule has 9 heteroatoms. The van der Waals surface area contributed by atoms with Crippen molar-refractivity contribution in [1.82, 2.24) is 19.6 Å². The lowest BCUT2D eigenvalue weighted by molar-refractivity contribution is 0.579. The molecule has 6 nitrogen and oxygen atoms in total. The van der Waals surface area contributed by atoms with Gasteiger partial charge in [0, 0.05) is 16.8 Å². The number of aryl methyl sites for hydroxylation is 2. The van der Waals surface area contributed by atoms with Crippen LogP contribution in [0.3, 0.4) is 0 Å². The molecule has 4 rings (SSSR count). The van der Waals surface area contributed by atoms with Crippen molar-refractivity contribution in [2.45, 2.75) is 33.9 Å². The van der Waals surface area contributed by atoms with Crippen LogP contribution < -0.4 is 10.6 Å². The fourth-order valence-electron chi connectivity index (χ4n) is 3.54. The normalized spacial score (nSPS) is 10.9. The Labute approximate surface area is 202 Å². The maximum absolute atomic E-state index is 14.2. The second-order valence-electron chi connectivity index (χ2n) is 7.89. The van der Waals surface area contributed by atoms with Crippen LogP contribution in [0.15, 0.2) is 54.9 Å². The van der Waals surface area contributed by atoms with Gasteiger partial charge >= 0.3 is 0 Å². The van der Waals surface area contributed by atoms with Crippen LogP contribution in [0.25, 0.3) is 0 Å². The number of halogens is 2. The summed E-state index contributed by atoms with van der Waals surface area (Å²) >= 11 is 11.7. The first kappa shape index (κ1) is 22.9. The van der Waals surface area contributed by atoms with Crippen molar-refractivity contribution in [1.29, 1.82) is 0 Å². The Hall–Kier alpha value is -3.23. The van der Waals surface area contributed by atoms with Gasteiger partial charge in [0.2, 0.25) is 0 Å². The van der Waals surface area contributed by atoms with Crippen LogP contribution >= 0.6 is 23.8 Å². The van der Waals surface area contributed by atoms with Crippen LogP contribution in [0.5, 0.6) is 0 Å². The Morgan fingerprint density at radius 1 is 1.06 bits per heavy atom. The van der Waals surface area contributed by atoms with Crippen LogP contribution in [0.4, 0.5) is 15.8 Å². The van der Waals surface area contributed by atoms with Gasteiger partial charge in [0.05, 0.1) is 42.0 Å². The molecule has 0 radical (unpaired) electrons. The highest BCUT2D eigenvalue weighted by Crippen LogP contribution is 2.24. The molecule has 0 fully saturated rings. The lowest BCUT2D eigenvalue weighted by atomic mass is 10.1. The summed E-state index contributed by atoms with van der Waals surface area (Å²) in [6, 6.07) is 13.0. The molecule has 0 saturated heterocycles. The predicted molar refractivity (Wildman–Crippen MR) is 135 cm³/mol. The third kappa shape index (κ3) is 5.40. The van der Waals surface area contributed by atoms with Gasteiger partial charge in [-0.1, -0.05) is 47.5 Å². The molecule has 0 amide bonds. The third-order valence-electron chi connectivity index (χ3n) is 5.35. The fourth-order valence-corrected chi connectivity index (χ4v) is 3.98. The topological polar surface area (TPSA) is 59.7 Å². The van der Waals surface area contributed by atoms with E-state index >= 15 is 0 Å². The third-order valence-corrected chi connectivity index (χ3v) is 5.90. The van der Waals surface area contributed by atoms with Crippen molar-refractivity contribution >= 4 is 40.3 Å². The predicted octanol–water partition coefficient (Wildman–Crippen LogP) is 5.70. The molecule has 0 unspecified atom stereocenters. The molecule has 170 valence electrons. The summed E-state index contributed by atoms with van der Waals surface area (Å²) in [5.41, 5.74) is 5.92. The van der Waals surface area contributed by atoms with Gasteiger partial charge in [-0.05, 0) is 50.7 Å². The van der Waals surface area contributed by atoms with E-state index in [1.54, 1.807) is 23.0 Å². The molecule has 2 aromatic heterocycles. The number of thiocarbonyl (C=S) groups is 1. The number of aromatic nitrogens is 4. The van der Waals surface area contributed by atoms with E-state index in [4.69, 9.17) is 23.8 Å². The Balaban J connectivity index is 1.42. The number of benzene rings is 2. The highest BCUT2D eigenvalue weighted by molar-refractivity contribution is 7.80. The van der Waals surface area contributed by atoms with Gasteiger partial charge in [-0.3, -0.25) is 9.36 Å². The maximum Gasteiger partial charge on any atom is 0.175 e. The number of nitrogens with one attached hydrogen (secondary N) is 2. The van der Waals surface area contributed by atoms with Crippen LogP contribution in [0, 0.1) is 26.6 Å². The SMILES string of the molecule is Cc1ccc(Cn2cc(NC(=S)Nc3c(C)nn(Cc4c(F)cccc4Cl)c3C)cn2)cc1. The first-order chi connectivity index (χ1) is 15.8. The van der Waals surface area contributed by atoms with Gasteiger partial charge in [0.15, 0.2) is 5.11 Å². The second-order valence-corrected chi connectivity index (χ2v) is 8.71. The molecule has 0 aliphatic rings. The zero-order valence-corrected chi connectivity index (χ0v) is 20.1. The fraction of sp³-hybridized carbons (Fsp3) is 0.208. The number of hydrogen-bond donors (Lipinski definition) is 2. The van der Waals surface area contributed by atoms with Gasteiger partial charge < -0.3 is 10.6 Å². The monoisotopic (exact) mass is 482 g/mol. The number of rotatable bonds is 6. The smallest absolute Gasteiger partial charge is 0.175 e. The molecule has 0 aliphatic heterocycles. The van der Waals surface area contributed by atoms with Crippen LogP contribution in [0.1, 0.15) is 28.1 Å². The first-order valence-corrected chi connectivity index (χ1v) is 11.2. The van der Waals surface area contributed by atoms with Gasteiger partial charge in [-0.2, -0.15) is 10.2 Å². The van der Waals surface area contributed by atoms with Crippen molar-refractivity contribution in [3.8, 4) is 0 Å². The minimum absolute atomic E-state index is 0.228. The molecular weight excluding hydrogens is 459 g/mol. The van der Waals surface area contributed by atoms with E-state index in [1.807, 2.05) is 24.7 Å². The minimum atomic E-state index is -0.357. The van der Waals surface area contributed by atoms with Gasteiger partial charge in [-0.25, -0.2) is 4.39 Å². The summed E-state index contributed by atoms with van der Waals surface area (Å²) in [5, 5.41) is 16.1. The van der Waals surface area contributed by atoms with Crippen molar-refractivity contribution in [3.63, 3.8) is 0 Å². The summed E-state index contributed by atoms with van der Waals surface area (Å²) in [6.45, 7) is 6.74. The van der Waals surface area contributed by atoms with Crippen molar-refractivity contribution < 1.29 is 4.39 Å². The Morgan fingerprint density at radius 2 is 1.82 bits per heavy atom. The average Bonchev–Trinajstić information content (AvgIpc) is 3.31. The zero-order chi connectivity index (χ0) is 23.5. The highest BCUT2D eigenvalue weighted by Gasteiger charge is 2.16. The molecule has 4 aromatic rings. The molecule has 0 aliphatic carbocycles. The quantitative estimate of drug-likeness (QED) is 0.345. The number of anilines is 2. The van der Waals surface area contributed by atoms with Crippen LogP contribution in [-0.4, -0.2) is 24.7 Å².